The highest BCUT2D eigenvalue weighted by Gasteiger charge is 2.31. The second-order valence-corrected chi connectivity index (χ2v) is 11.5. The molecule has 0 aliphatic carbocycles. The van der Waals surface area contributed by atoms with Gasteiger partial charge in [-0.2, -0.15) is 0 Å². The van der Waals surface area contributed by atoms with Crippen LogP contribution in [0.4, 0.5) is 4.79 Å². The van der Waals surface area contributed by atoms with Gasteiger partial charge in [0.25, 0.3) is 0 Å². The van der Waals surface area contributed by atoms with Gasteiger partial charge < -0.3 is 31.4 Å². The molecule has 0 bridgehead atoms. The van der Waals surface area contributed by atoms with E-state index in [-0.39, 0.29) is 18.3 Å². The summed E-state index contributed by atoms with van der Waals surface area (Å²) in [5, 5.41) is 9.07. The van der Waals surface area contributed by atoms with Crippen LogP contribution in [0.25, 0.3) is 10.9 Å². The van der Waals surface area contributed by atoms with Crippen LogP contribution in [-0.4, -0.2) is 52.5 Å². The monoisotopic (exact) mass is 529 g/mol. The maximum atomic E-state index is 13.5. The molecule has 2 aromatic rings. The number of amides is 4. The SMILES string of the molecule is CC(C)C[C@H](NC(=O)[C@H](CC(C)C)NC(=O)[C@H](Cc1c[nH]c2ccccc12)NC(=O)OC(C)(C)C)C(N)=O. The Balaban J connectivity index is 2.29. The van der Waals surface area contributed by atoms with Crippen LogP contribution in [0, 0.1) is 11.8 Å². The van der Waals surface area contributed by atoms with Crippen LogP contribution in [0.3, 0.4) is 0 Å². The minimum atomic E-state index is -1.02. The van der Waals surface area contributed by atoms with E-state index in [9.17, 15) is 19.2 Å². The lowest BCUT2D eigenvalue weighted by Crippen LogP contribution is -2.57. The standard InChI is InChI=1S/C28H43N5O5/c1-16(2)12-21(24(29)34)31-25(35)22(13-17(3)4)32-26(36)23(33-27(37)38-28(5,6)7)14-18-15-30-20-11-9-8-10-19(18)20/h8-11,15-17,21-23,30H,12-14H2,1-7H3,(H2,29,34)(H,31,35)(H,32,36)(H,33,37)/t21-,22-,23-/m0/s1. The average Bonchev–Trinajstić information content (AvgIpc) is 3.18. The number of hydrogen-bond acceptors (Lipinski definition) is 5. The number of H-pyrrole nitrogens is 1. The number of fused-ring (bicyclic) bond motifs is 1. The molecule has 0 fully saturated rings. The first-order chi connectivity index (χ1) is 17.7. The fourth-order valence-electron chi connectivity index (χ4n) is 4.14. The first-order valence-electron chi connectivity index (χ1n) is 13.1. The molecule has 10 nitrogen and oxygen atoms in total. The number of benzene rings is 1. The highest BCUT2D eigenvalue weighted by atomic mass is 16.6. The van der Waals surface area contributed by atoms with Gasteiger partial charge in [-0.05, 0) is 57.1 Å². The zero-order valence-corrected chi connectivity index (χ0v) is 23.5. The van der Waals surface area contributed by atoms with Gasteiger partial charge in [0.1, 0.15) is 23.7 Å². The highest BCUT2D eigenvalue weighted by molar-refractivity contribution is 5.94. The molecule has 1 heterocycles. The molecule has 4 amide bonds. The van der Waals surface area contributed by atoms with Crippen LogP contribution < -0.4 is 21.7 Å². The van der Waals surface area contributed by atoms with Crippen LogP contribution in [0.5, 0.6) is 0 Å². The molecular weight excluding hydrogens is 486 g/mol. The Kier molecular flexibility index (Phi) is 10.7. The minimum Gasteiger partial charge on any atom is -0.444 e. The van der Waals surface area contributed by atoms with E-state index in [1.807, 2.05) is 52.0 Å². The Labute approximate surface area is 224 Å². The zero-order chi connectivity index (χ0) is 28.6. The van der Waals surface area contributed by atoms with Gasteiger partial charge in [0.2, 0.25) is 17.7 Å². The number of ether oxygens (including phenoxy) is 1. The number of rotatable bonds is 12. The van der Waals surface area contributed by atoms with Crippen molar-refractivity contribution >= 4 is 34.7 Å². The van der Waals surface area contributed by atoms with Crippen molar-refractivity contribution in [1.82, 2.24) is 20.9 Å². The Bertz CT molecular complexity index is 1120. The maximum Gasteiger partial charge on any atom is 0.408 e. The number of carbonyl (C=O) groups is 4. The summed E-state index contributed by atoms with van der Waals surface area (Å²) in [7, 11) is 0. The van der Waals surface area contributed by atoms with E-state index in [0.29, 0.717) is 12.8 Å². The van der Waals surface area contributed by atoms with E-state index in [1.165, 1.54) is 0 Å². The number of primary amides is 1. The van der Waals surface area contributed by atoms with Crippen molar-refractivity contribution in [3.63, 3.8) is 0 Å². The van der Waals surface area contributed by atoms with E-state index in [1.54, 1.807) is 27.0 Å². The van der Waals surface area contributed by atoms with E-state index in [2.05, 4.69) is 20.9 Å². The molecule has 0 saturated carbocycles. The number of aromatic nitrogens is 1. The average molecular weight is 530 g/mol. The molecule has 0 aliphatic heterocycles. The fourth-order valence-corrected chi connectivity index (χ4v) is 4.14. The second-order valence-electron chi connectivity index (χ2n) is 11.5. The van der Waals surface area contributed by atoms with Crippen LogP contribution in [-0.2, 0) is 25.5 Å². The summed E-state index contributed by atoms with van der Waals surface area (Å²) in [4.78, 5) is 54.5. The first-order valence-corrected chi connectivity index (χ1v) is 13.1. The van der Waals surface area contributed by atoms with Gasteiger partial charge in [0.05, 0.1) is 0 Å². The molecule has 3 atom stereocenters. The number of para-hydroxylation sites is 1. The van der Waals surface area contributed by atoms with Crippen molar-refractivity contribution in [2.75, 3.05) is 0 Å². The predicted octanol–water partition coefficient (Wildman–Crippen LogP) is 3.15. The van der Waals surface area contributed by atoms with E-state index < -0.39 is 47.5 Å². The molecule has 6 N–H and O–H groups in total. The molecule has 0 saturated heterocycles. The summed E-state index contributed by atoms with van der Waals surface area (Å²) in [6, 6.07) is 4.85. The van der Waals surface area contributed by atoms with Crippen LogP contribution in [0.1, 0.15) is 66.9 Å². The summed E-state index contributed by atoms with van der Waals surface area (Å²) in [5.41, 5.74) is 6.48. The molecule has 0 unspecified atom stereocenters. The Morgan fingerprint density at radius 3 is 2.00 bits per heavy atom. The lowest BCUT2D eigenvalue weighted by atomic mass is 9.99. The van der Waals surface area contributed by atoms with Crippen LogP contribution in [0.15, 0.2) is 30.5 Å². The number of aromatic amines is 1. The summed E-state index contributed by atoms with van der Waals surface area (Å²) in [6.45, 7) is 12.9. The molecule has 1 aromatic heterocycles. The molecule has 38 heavy (non-hydrogen) atoms. The number of alkyl carbamates (subject to hydrolysis) is 1. The summed E-state index contributed by atoms with van der Waals surface area (Å²) >= 11 is 0. The first kappa shape index (κ1) is 30.7. The van der Waals surface area contributed by atoms with Gasteiger partial charge in [0, 0.05) is 23.5 Å². The third-order valence-corrected chi connectivity index (χ3v) is 5.81. The molecule has 10 heteroatoms. The quantitative estimate of drug-likeness (QED) is 0.286. The smallest absolute Gasteiger partial charge is 0.408 e. The lowest BCUT2D eigenvalue weighted by molar-refractivity contribution is -0.132. The Hall–Kier alpha value is -3.56. The summed E-state index contributed by atoms with van der Waals surface area (Å²) in [6.07, 6.45) is 1.93. The number of carbonyl (C=O) groups excluding carboxylic acids is 4. The normalized spacial score (nSPS) is 14.1. The third-order valence-electron chi connectivity index (χ3n) is 5.81. The van der Waals surface area contributed by atoms with E-state index in [4.69, 9.17) is 10.5 Å². The van der Waals surface area contributed by atoms with E-state index in [0.717, 1.165) is 16.5 Å². The van der Waals surface area contributed by atoms with Crippen molar-refractivity contribution in [3.8, 4) is 0 Å². The van der Waals surface area contributed by atoms with Gasteiger partial charge >= 0.3 is 6.09 Å². The third kappa shape index (κ3) is 9.72. The molecule has 210 valence electrons. The van der Waals surface area contributed by atoms with Gasteiger partial charge in [0.15, 0.2) is 0 Å². The minimum absolute atomic E-state index is 0.0639. The highest BCUT2D eigenvalue weighted by Crippen LogP contribution is 2.20. The summed E-state index contributed by atoms with van der Waals surface area (Å²) in [5.74, 6) is -1.48. The van der Waals surface area contributed by atoms with Crippen molar-refractivity contribution in [2.24, 2.45) is 17.6 Å². The second kappa shape index (κ2) is 13.3. The molecule has 0 radical (unpaired) electrons. The molecule has 0 spiro atoms. The van der Waals surface area contributed by atoms with Crippen LogP contribution >= 0.6 is 0 Å². The van der Waals surface area contributed by atoms with Gasteiger partial charge in [-0.1, -0.05) is 45.9 Å². The molecule has 2 rings (SSSR count). The van der Waals surface area contributed by atoms with Gasteiger partial charge in [-0.15, -0.1) is 0 Å². The van der Waals surface area contributed by atoms with Gasteiger partial charge in [-0.3, -0.25) is 14.4 Å². The maximum absolute atomic E-state index is 13.5. The topological polar surface area (TPSA) is 155 Å². The molecule has 0 aliphatic rings. The molecular formula is C28H43N5O5. The van der Waals surface area contributed by atoms with Gasteiger partial charge in [-0.25, -0.2) is 4.79 Å². The number of nitrogens with two attached hydrogens (primary N) is 1. The number of nitrogens with one attached hydrogen (secondary N) is 4. The van der Waals surface area contributed by atoms with Crippen molar-refractivity contribution in [1.29, 1.82) is 0 Å². The lowest BCUT2D eigenvalue weighted by Gasteiger charge is -2.27. The molecule has 1 aromatic carbocycles. The van der Waals surface area contributed by atoms with Crippen LogP contribution in [0.2, 0.25) is 0 Å². The number of hydrogen-bond donors (Lipinski definition) is 5. The van der Waals surface area contributed by atoms with E-state index >= 15 is 0 Å². The largest absolute Gasteiger partial charge is 0.444 e. The summed E-state index contributed by atoms with van der Waals surface area (Å²) < 4.78 is 5.39. The van der Waals surface area contributed by atoms with Crippen molar-refractivity contribution in [2.45, 2.75) is 91.5 Å². The predicted molar refractivity (Wildman–Crippen MR) is 147 cm³/mol. The zero-order valence-electron chi connectivity index (χ0n) is 23.5. The van der Waals surface area contributed by atoms with Crippen molar-refractivity contribution in [3.05, 3.63) is 36.0 Å². The Morgan fingerprint density at radius 1 is 0.868 bits per heavy atom. The van der Waals surface area contributed by atoms with Crippen molar-refractivity contribution < 1.29 is 23.9 Å². The Morgan fingerprint density at radius 2 is 1.42 bits per heavy atom. The fraction of sp³-hybridized carbons (Fsp3) is 0.571.